The van der Waals surface area contributed by atoms with E-state index in [1.807, 2.05) is 30.3 Å². The van der Waals surface area contributed by atoms with E-state index in [0.29, 0.717) is 41.2 Å². The lowest BCUT2D eigenvalue weighted by atomic mass is 9.99. The Balaban J connectivity index is 1.51. The Morgan fingerprint density at radius 3 is 2.45 bits per heavy atom. The Morgan fingerprint density at radius 1 is 0.950 bits per heavy atom. The molecule has 1 atom stereocenters. The second-order valence-corrected chi connectivity index (χ2v) is 10.4. The van der Waals surface area contributed by atoms with Crippen molar-refractivity contribution in [2.75, 3.05) is 10.2 Å². The van der Waals surface area contributed by atoms with E-state index < -0.39 is 11.9 Å². The van der Waals surface area contributed by atoms with E-state index in [2.05, 4.69) is 26.6 Å². The molecule has 0 aliphatic carbocycles. The predicted octanol–water partition coefficient (Wildman–Crippen LogP) is 5.71. The maximum absolute atomic E-state index is 14.0. The molecule has 4 aromatic rings. The van der Waals surface area contributed by atoms with Crippen molar-refractivity contribution in [3.05, 3.63) is 129 Å². The van der Waals surface area contributed by atoms with E-state index in [-0.39, 0.29) is 24.1 Å². The quantitative estimate of drug-likeness (QED) is 0.264. The van der Waals surface area contributed by atoms with E-state index in [4.69, 9.17) is 5.73 Å². The van der Waals surface area contributed by atoms with E-state index in [1.165, 1.54) is 17.0 Å². The summed E-state index contributed by atoms with van der Waals surface area (Å²) in [6.07, 6.45) is -0.0565. The summed E-state index contributed by atoms with van der Waals surface area (Å²) in [5.41, 5.74) is 9.68. The van der Waals surface area contributed by atoms with Gasteiger partial charge in [-0.25, -0.2) is 4.39 Å². The first-order valence-corrected chi connectivity index (χ1v) is 13.5. The van der Waals surface area contributed by atoms with Gasteiger partial charge in [0, 0.05) is 28.7 Å². The van der Waals surface area contributed by atoms with Crippen molar-refractivity contribution >= 4 is 45.0 Å². The minimum Gasteiger partial charge on any atom is -0.348 e. The lowest BCUT2D eigenvalue weighted by Gasteiger charge is -2.31. The van der Waals surface area contributed by atoms with E-state index in [1.54, 1.807) is 48.5 Å². The summed E-state index contributed by atoms with van der Waals surface area (Å²) in [7, 11) is 0. The molecule has 0 saturated heterocycles. The van der Waals surface area contributed by atoms with Crippen LogP contribution in [0, 0.1) is 5.82 Å². The molecule has 1 unspecified atom stereocenters. The van der Waals surface area contributed by atoms with E-state index >= 15 is 0 Å². The van der Waals surface area contributed by atoms with Crippen LogP contribution in [0.4, 0.5) is 15.8 Å². The number of halogens is 2. The average Bonchev–Trinajstić information content (AvgIpc) is 3.11. The number of nitrogens with two attached hydrogens (primary N) is 1. The number of benzene rings is 4. The van der Waals surface area contributed by atoms with Gasteiger partial charge in [-0.15, -0.1) is 0 Å². The first-order valence-electron chi connectivity index (χ1n) is 12.7. The van der Waals surface area contributed by atoms with Gasteiger partial charge in [0.15, 0.2) is 0 Å². The zero-order valence-corrected chi connectivity index (χ0v) is 23.0. The lowest BCUT2D eigenvalue weighted by molar-refractivity contribution is -0.116. The summed E-state index contributed by atoms with van der Waals surface area (Å²) in [6, 6.07) is 24.5. The highest BCUT2D eigenvalue weighted by Gasteiger charge is 2.34. The van der Waals surface area contributed by atoms with E-state index in [9.17, 15) is 18.8 Å². The highest BCUT2D eigenvalue weighted by Crippen LogP contribution is 2.40. The Labute approximate surface area is 239 Å². The van der Waals surface area contributed by atoms with Gasteiger partial charge in [0.05, 0.1) is 23.8 Å². The third-order valence-electron chi connectivity index (χ3n) is 6.71. The van der Waals surface area contributed by atoms with Crippen LogP contribution in [0.1, 0.15) is 49.9 Å². The van der Waals surface area contributed by atoms with Crippen LogP contribution in [0.2, 0.25) is 0 Å². The molecule has 1 aliphatic heterocycles. The molecule has 0 bridgehead atoms. The number of amides is 3. The molecule has 1 aliphatic rings. The molecule has 0 aromatic heterocycles. The van der Waals surface area contributed by atoms with Crippen molar-refractivity contribution in [1.29, 1.82) is 0 Å². The zero-order valence-electron chi connectivity index (χ0n) is 21.4. The van der Waals surface area contributed by atoms with Gasteiger partial charge in [0.1, 0.15) is 5.82 Å². The summed E-state index contributed by atoms with van der Waals surface area (Å²) < 4.78 is 14.5. The van der Waals surface area contributed by atoms with Gasteiger partial charge < -0.3 is 16.4 Å². The Bertz CT molecular complexity index is 1590. The van der Waals surface area contributed by atoms with Crippen LogP contribution < -0.4 is 21.3 Å². The number of hydrogen-bond acceptors (Lipinski definition) is 4. The second kappa shape index (κ2) is 11.8. The number of anilines is 2. The Hall–Kier alpha value is -4.34. The number of fused-ring (bicyclic) bond motifs is 1. The monoisotopic (exact) mass is 600 g/mol. The number of carbonyl (C=O) groups excluding carboxylic acids is 3. The van der Waals surface area contributed by atoms with Crippen molar-refractivity contribution in [3.8, 4) is 0 Å². The molecule has 4 aromatic carbocycles. The molecule has 1 heterocycles. The number of rotatable bonds is 6. The molecule has 0 saturated carbocycles. The summed E-state index contributed by atoms with van der Waals surface area (Å²) in [5.74, 6) is -1.43. The standard InChI is InChI=1S/C31H26BrFN4O3/c32-24-6-2-5-23(14-24)31(40)37-27-12-9-22(30(39)35-18-20-4-1-3-19(13-20)17-34)15-26(27)36-29(38)16-28(37)21-7-10-25(33)11-8-21/h1-15,28H,16-18,34H2,(H,35,39)(H,36,38). The summed E-state index contributed by atoms with van der Waals surface area (Å²) in [6.45, 7) is 0.705. The molecule has 202 valence electrons. The minimum absolute atomic E-state index is 0.0565. The van der Waals surface area contributed by atoms with Gasteiger partial charge in [-0.05, 0) is 65.2 Å². The van der Waals surface area contributed by atoms with Gasteiger partial charge in [-0.1, -0.05) is 58.4 Å². The Morgan fingerprint density at radius 2 is 1.70 bits per heavy atom. The van der Waals surface area contributed by atoms with Crippen molar-refractivity contribution in [3.63, 3.8) is 0 Å². The topological polar surface area (TPSA) is 105 Å². The third kappa shape index (κ3) is 5.95. The third-order valence-corrected chi connectivity index (χ3v) is 7.20. The van der Waals surface area contributed by atoms with Crippen molar-refractivity contribution in [2.45, 2.75) is 25.6 Å². The molecular weight excluding hydrogens is 575 g/mol. The lowest BCUT2D eigenvalue weighted by Crippen LogP contribution is -2.35. The maximum atomic E-state index is 14.0. The van der Waals surface area contributed by atoms with Gasteiger partial charge >= 0.3 is 0 Å². The molecule has 0 radical (unpaired) electrons. The number of carbonyl (C=O) groups is 3. The summed E-state index contributed by atoms with van der Waals surface area (Å²) in [5, 5.41) is 5.75. The van der Waals surface area contributed by atoms with Crippen LogP contribution in [0.5, 0.6) is 0 Å². The van der Waals surface area contributed by atoms with Gasteiger partial charge in [-0.3, -0.25) is 19.3 Å². The Kier molecular flexibility index (Phi) is 8.04. The molecule has 4 N–H and O–H groups in total. The minimum atomic E-state index is -0.706. The van der Waals surface area contributed by atoms with Gasteiger partial charge in [0.25, 0.3) is 11.8 Å². The van der Waals surface area contributed by atoms with Gasteiger partial charge in [-0.2, -0.15) is 0 Å². The largest absolute Gasteiger partial charge is 0.348 e. The fourth-order valence-corrected chi connectivity index (χ4v) is 5.14. The first-order chi connectivity index (χ1) is 19.3. The van der Waals surface area contributed by atoms with Crippen LogP contribution >= 0.6 is 15.9 Å². The zero-order chi connectivity index (χ0) is 28.2. The van der Waals surface area contributed by atoms with Crippen molar-refractivity contribution < 1.29 is 18.8 Å². The second-order valence-electron chi connectivity index (χ2n) is 9.44. The van der Waals surface area contributed by atoms with Gasteiger partial charge in [0.2, 0.25) is 5.91 Å². The predicted molar refractivity (Wildman–Crippen MR) is 155 cm³/mol. The van der Waals surface area contributed by atoms with Crippen molar-refractivity contribution in [1.82, 2.24) is 5.32 Å². The highest BCUT2D eigenvalue weighted by molar-refractivity contribution is 9.10. The smallest absolute Gasteiger partial charge is 0.258 e. The molecule has 0 fully saturated rings. The van der Waals surface area contributed by atoms with Crippen molar-refractivity contribution in [2.24, 2.45) is 5.73 Å². The fraction of sp³-hybridized carbons (Fsp3) is 0.129. The molecule has 7 nitrogen and oxygen atoms in total. The van der Waals surface area contributed by atoms with Crippen LogP contribution in [0.25, 0.3) is 0 Å². The molecule has 0 spiro atoms. The molecule has 3 amide bonds. The van der Waals surface area contributed by atoms with Crippen LogP contribution in [0.15, 0.2) is 95.5 Å². The SMILES string of the molecule is NCc1cccc(CNC(=O)c2ccc3c(c2)NC(=O)CC(c2ccc(F)cc2)N3C(=O)c2cccc(Br)c2)c1. The van der Waals surface area contributed by atoms with Crippen LogP contribution in [0.3, 0.4) is 0 Å². The van der Waals surface area contributed by atoms with Crippen LogP contribution in [-0.4, -0.2) is 17.7 Å². The molecular formula is C31H26BrFN4O3. The fourth-order valence-electron chi connectivity index (χ4n) is 4.74. The first kappa shape index (κ1) is 27.2. The highest BCUT2D eigenvalue weighted by atomic mass is 79.9. The van der Waals surface area contributed by atoms with E-state index in [0.717, 1.165) is 15.6 Å². The normalized spacial score (nSPS) is 14.6. The summed E-state index contributed by atoms with van der Waals surface area (Å²) in [4.78, 5) is 41.6. The molecule has 9 heteroatoms. The number of hydrogen-bond donors (Lipinski definition) is 3. The maximum Gasteiger partial charge on any atom is 0.258 e. The number of nitrogens with one attached hydrogen (secondary N) is 2. The number of nitrogens with zero attached hydrogens (tertiary/aromatic N) is 1. The summed E-state index contributed by atoms with van der Waals surface area (Å²) >= 11 is 3.41. The average molecular weight is 601 g/mol. The molecule has 5 rings (SSSR count). The van der Waals surface area contributed by atoms with Crippen LogP contribution in [-0.2, 0) is 17.9 Å². The molecule has 40 heavy (non-hydrogen) atoms.